The summed E-state index contributed by atoms with van der Waals surface area (Å²) in [5, 5.41) is 14.1. The van der Waals surface area contributed by atoms with E-state index in [1.807, 2.05) is 18.3 Å². The highest BCUT2D eigenvalue weighted by Crippen LogP contribution is 2.34. The summed E-state index contributed by atoms with van der Waals surface area (Å²) in [4.78, 5) is 4.50. The summed E-state index contributed by atoms with van der Waals surface area (Å²) in [6, 6.07) is 3.73. The molecule has 3 rings (SSSR count). The number of aliphatic hydroxyl groups excluding tert-OH is 1. The van der Waals surface area contributed by atoms with Crippen molar-refractivity contribution in [2.75, 3.05) is 6.54 Å². The monoisotopic (exact) mass is 232 g/mol. The molecule has 1 unspecified atom stereocenters. The number of pyridine rings is 1. The van der Waals surface area contributed by atoms with Gasteiger partial charge in [-0.3, -0.25) is 0 Å². The number of aromatic nitrogens is 3. The molecular formula is C12H16N4O. The van der Waals surface area contributed by atoms with Crippen LogP contribution in [0, 0.1) is 0 Å². The summed E-state index contributed by atoms with van der Waals surface area (Å²) in [7, 11) is 0. The van der Waals surface area contributed by atoms with Gasteiger partial charge in [-0.2, -0.15) is 5.10 Å². The van der Waals surface area contributed by atoms with Crippen LogP contribution in [0.2, 0.25) is 0 Å². The molecule has 3 N–H and O–H groups in total. The first kappa shape index (κ1) is 10.7. The summed E-state index contributed by atoms with van der Waals surface area (Å²) in [5.74, 6) is 1.45. The third-order valence-electron chi connectivity index (χ3n) is 3.45. The van der Waals surface area contributed by atoms with Gasteiger partial charge in [-0.1, -0.05) is 12.5 Å². The maximum Gasteiger partial charge on any atom is 0.155 e. The molecule has 17 heavy (non-hydrogen) atoms. The van der Waals surface area contributed by atoms with Gasteiger partial charge in [0.2, 0.25) is 0 Å². The molecule has 2 aromatic heterocycles. The second-order valence-electron chi connectivity index (χ2n) is 4.61. The minimum Gasteiger partial charge on any atom is -0.387 e. The Morgan fingerprint density at radius 3 is 2.94 bits per heavy atom. The quantitative estimate of drug-likeness (QED) is 0.827. The second-order valence-corrected chi connectivity index (χ2v) is 4.61. The summed E-state index contributed by atoms with van der Waals surface area (Å²) >= 11 is 0. The van der Waals surface area contributed by atoms with E-state index in [0.29, 0.717) is 5.92 Å². The molecule has 1 atom stereocenters. The van der Waals surface area contributed by atoms with Gasteiger partial charge < -0.3 is 10.8 Å². The molecule has 1 aliphatic rings. The average molecular weight is 232 g/mol. The fourth-order valence-electron chi connectivity index (χ4n) is 2.09. The molecule has 1 fully saturated rings. The van der Waals surface area contributed by atoms with E-state index in [9.17, 15) is 5.11 Å². The van der Waals surface area contributed by atoms with Crippen LogP contribution >= 0.6 is 0 Å². The van der Waals surface area contributed by atoms with Crippen molar-refractivity contribution in [1.82, 2.24) is 14.6 Å². The zero-order valence-electron chi connectivity index (χ0n) is 9.58. The van der Waals surface area contributed by atoms with Crippen LogP contribution in [0.1, 0.15) is 42.7 Å². The molecule has 0 spiro atoms. The number of aliphatic hydroxyl groups is 1. The van der Waals surface area contributed by atoms with Crippen molar-refractivity contribution in [2.24, 2.45) is 5.73 Å². The van der Waals surface area contributed by atoms with Crippen LogP contribution in [0.15, 0.2) is 18.3 Å². The van der Waals surface area contributed by atoms with Crippen molar-refractivity contribution in [3.05, 3.63) is 29.7 Å². The van der Waals surface area contributed by atoms with E-state index in [1.54, 1.807) is 4.52 Å². The minimum absolute atomic E-state index is 0.218. The Morgan fingerprint density at radius 2 is 2.29 bits per heavy atom. The molecule has 0 bridgehead atoms. The summed E-state index contributed by atoms with van der Waals surface area (Å²) in [6.07, 6.45) is 4.83. The lowest BCUT2D eigenvalue weighted by Crippen LogP contribution is -2.12. The van der Waals surface area contributed by atoms with Crippen LogP contribution in [0.25, 0.3) is 5.65 Å². The van der Waals surface area contributed by atoms with E-state index in [2.05, 4.69) is 10.1 Å². The van der Waals surface area contributed by atoms with Crippen molar-refractivity contribution in [1.29, 1.82) is 0 Å². The van der Waals surface area contributed by atoms with Crippen LogP contribution in [-0.2, 0) is 0 Å². The van der Waals surface area contributed by atoms with E-state index < -0.39 is 6.10 Å². The molecule has 0 aliphatic heterocycles. The first-order chi connectivity index (χ1) is 8.28. The molecular weight excluding hydrogens is 216 g/mol. The van der Waals surface area contributed by atoms with Crippen LogP contribution in [0.3, 0.4) is 0 Å². The average Bonchev–Trinajstić information content (AvgIpc) is 2.67. The van der Waals surface area contributed by atoms with Gasteiger partial charge in [0.25, 0.3) is 0 Å². The zero-order valence-corrected chi connectivity index (χ0v) is 9.58. The van der Waals surface area contributed by atoms with Crippen LogP contribution < -0.4 is 5.73 Å². The fraction of sp³-hybridized carbons (Fsp3) is 0.500. The number of rotatable bonds is 3. The summed E-state index contributed by atoms with van der Waals surface area (Å²) in [5.41, 5.74) is 7.05. The van der Waals surface area contributed by atoms with Gasteiger partial charge in [-0.25, -0.2) is 9.50 Å². The van der Waals surface area contributed by atoms with Crippen molar-refractivity contribution < 1.29 is 5.11 Å². The number of fused-ring (bicyclic) bond motifs is 1. The van der Waals surface area contributed by atoms with Gasteiger partial charge in [0.1, 0.15) is 0 Å². The Balaban J connectivity index is 1.98. The van der Waals surface area contributed by atoms with E-state index >= 15 is 0 Å². The van der Waals surface area contributed by atoms with Crippen LogP contribution in [0.5, 0.6) is 0 Å². The van der Waals surface area contributed by atoms with Crippen molar-refractivity contribution in [3.63, 3.8) is 0 Å². The van der Waals surface area contributed by atoms with Crippen LogP contribution in [-0.4, -0.2) is 26.2 Å². The molecule has 5 nitrogen and oxygen atoms in total. The van der Waals surface area contributed by atoms with E-state index in [1.165, 1.54) is 19.3 Å². The maximum atomic E-state index is 9.68. The van der Waals surface area contributed by atoms with Crippen molar-refractivity contribution in [3.8, 4) is 0 Å². The second kappa shape index (κ2) is 4.09. The number of nitrogens with zero attached hydrogens (tertiary/aromatic N) is 3. The smallest absolute Gasteiger partial charge is 0.155 e. The topological polar surface area (TPSA) is 76.4 Å². The molecule has 2 aromatic rings. The van der Waals surface area contributed by atoms with E-state index in [-0.39, 0.29) is 6.54 Å². The first-order valence-electron chi connectivity index (χ1n) is 6.02. The third kappa shape index (κ3) is 1.81. The molecule has 1 aliphatic carbocycles. The van der Waals surface area contributed by atoms with Crippen molar-refractivity contribution >= 4 is 5.65 Å². The molecule has 1 saturated carbocycles. The van der Waals surface area contributed by atoms with E-state index in [4.69, 9.17) is 5.73 Å². The van der Waals surface area contributed by atoms with E-state index in [0.717, 1.165) is 17.0 Å². The predicted molar refractivity (Wildman–Crippen MR) is 63.6 cm³/mol. The predicted octanol–water partition coefficient (Wildman–Crippen LogP) is 0.989. The normalized spacial score (nSPS) is 18.2. The number of hydrogen-bond acceptors (Lipinski definition) is 4. The van der Waals surface area contributed by atoms with Gasteiger partial charge in [-0.15, -0.1) is 0 Å². The highest BCUT2D eigenvalue weighted by Gasteiger charge is 2.23. The minimum atomic E-state index is -0.629. The number of hydrogen-bond donors (Lipinski definition) is 2. The van der Waals surface area contributed by atoms with Crippen molar-refractivity contribution in [2.45, 2.75) is 31.3 Å². The highest BCUT2D eigenvalue weighted by atomic mass is 16.3. The molecule has 2 heterocycles. The first-order valence-corrected chi connectivity index (χ1v) is 6.02. The SMILES string of the molecule is NCC(O)c1ccc2nc(C3CCC3)nn2c1. The summed E-state index contributed by atoms with van der Waals surface area (Å²) < 4.78 is 1.74. The Labute approximate surface area is 99.3 Å². The molecule has 90 valence electrons. The lowest BCUT2D eigenvalue weighted by atomic mass is 9.85. The lowest BCUT2D eigenvalue weighted by molar-refractivity contribution is 0.186. The summed E-state index contributed by atoms with van der Waals surface area (Å²) in [6.45, 7) is 0.218. The van der Waals surface area contributed by atoms with Gasteiger partial charge >= 0.3 is 0 Å². The van der Waals surface area contributed by atoms with Gasteiger partial charge in [0, 0.05) is 24.2 Å². The molecule has 5 heteroatoms. The molecule has 0 aromatic carbocycles. The fourth-order valence-corrected chi connectivity index (χ4v) is 2.09. The van der Waals surface area contributed by atoms with Crippen LogP contribution in [0.4, 0.5) is 0 Å². The molecule has 0 radical (unpaired) electrons. The Morgan fingerprint density at radius 1 is 1.47 bits per heavy atom. The Hall–Kier alpha value is -1.46. The lowest BCUT2D eigenvalue weighted by Gasteiger charge is -2.21. The van der Waals surface area contributed by atoms with Gasteiger partial charge in [-0.05, 0) is 18.9 Å². The zero-order chi connectivity index (χ0) is 11.8. The largest absolute Gasteiger partial charge is 0.387 e. The standard InChI is InChI=1S/C12H16N4O/c13-6-10(17)9-4-5-11-14-12(8-2-1-3-8)15-16(11)7-9/h4-5,7-8,10,17H,1-3,6,13H2. The molecule has 0 saturated heterocycles. The third-order valence-corrected chi connectivity index (χ3v) is 3.45. The van der Waals surface area contributed by atoms with Gasteiger partial charge in [0.05, 0.1) is 6.10 Å². The Kier molecular flexibility index (Phi) is 2.57. The maximum absolute atomic E-state index is 9.68. The molecule has 0 amide bonds. The Bertz CT molecular complexity index is 530. The number of nitrogens with two attached hydrogens (primary N) is 1. The van der Waals surface area contributed by atoms with Gasteiger partial charge in [0.15, 0.2) is 11.5 Å². The highest BCUT2D eigenvalue weighted by molar-refractivity contribution is 5.39.